The summed E-state index contributed by atoms with van der Waals surface area (Å²) in [6.45, 7) is 3.62. The van der Waals surface area contributed by atoms with Crippen LogP contribution in [0.4, 0.5) is 0 Å². The molecule has 6 nitrogen and oxygen atoms in total. The Labute approximate surface area is 182 Å². The number of benzene rings is 3. The molecule has 0 radical (unpaired) electrons. The molecule has 0 aliphatic carbocycles. The Kier molecular flexibility index (Phi) is 7.43. The first kappa shape index (κ1) is 22.9. The smallest absolute Gasteiger partial charge is 0.313 e. The minimum atomic E-state index is -3.82. The highest BCUT2D eigenvalue weighted by Crippen LogP contribution is 2.24. The molecule has 1 N–H and O–H groups in total. The summed E-state index contributed by atoms with van der Waals surface area (Å²) in [6.07, 6.45) is 0.269. The van der Waals surface area contributed by atoms with Crippen LogP contribution in [0.25, 0.3) is 10.8 Å². The van der Waals surface area contributed by atoms with Crippen LogP contribution in [-0.4, -0.2) is 32.7 Å². The summed E-state index contributed by atoms with van der Waals surface area (Å²) in [5.74, 6) is -0.841. The van der Waals surface area contributed by atoms with Crippen LogP contribution in [0.1, 0.15) is 36.0 Å². The molecule has 0 aromatic heterocycles. The lowest BCUT2D eigenvalue weighted by atomic mass is 9.97. The van der Waals surface area contributed by atoms with Crippen molar-refractivity contribution in [1.29, 1.82) is 0 Å². The second kappa shape index (κ2) is 10.0. The molecule has 3 aromatic carbocycles. The van der Waals surface area contributed by atoms with Crippen LogP contribution < -0.4 is 0 Å². The zero-order valence-electron chi connectivity index (χ0n) is 17.6. The quantitative estimate of drug-likeness (QED) is 0.305. The molecule has 0 bridgehead atoms. The van der Waals surface area contributed by atoms with Crippen molar-refractivity contribution in [2.24, 2.45) is 0 Å². The Morgan fingerprint density at radius 2 is 1.65 bits per heavy atom. The van der Waals surface area contributed by atoms with Crippen molar-refractivity contribution < 1.29 is 27.2 Å². The molecule has 7 heteroatoms. The highest BCUT2D eigenvalue weighted by molar-refractivity contribution is 7.86. The molecule has 0 fully saturated rings. The molecular weight excluding hydrogens is 416 g/mol. The van der Waals surface area contributed by atoms with Gasteiger partial charge < -0.3 is 9.84 Å². The zero-order valence-corrected chi connectivity index (χ0v) is 18.4. The Morgan fingerprint density at radius 1 is 0.968 bits per heavy atom. The summed E-state index contributed by atoms with van der Waals surface area (Å²) < 4.78 is 34.6. The van der Waals surface area contributed by atoms with E-state index >= 15 is 0 Å². The van der Waals surface area contributed by atoms with E-state index < -0.39 is 16.0 Å². The minimum Gasteiger partial charge on any atom is -0.465 e. The van der Waals surface area contributed by atoms with Gasteiger partial charge in [-0.15, -0.1) is 0 Å². The second-order valence-electron chi connectivity index (χ2n) is 7.43. The normalized spacial score (nSPS) is 12.6. The van der Waals surface area contributed by atoms with Crippen molar-refractivity contribution >= 4 is 26.9 Å². The lowest BCUT2D eigenvalue weighted by Gasteiger charge is -2.13. The number of carbonyl (C=O) groups excluding carboxylic acids is 1. The van der Waals surface area contributed by atoms with Gasteiger partial charge in [0.1, 0.15) is 0 Å². The third-order valence-corrected chi connectivity index (χ3v) is 6.37. The summed E-state index contributed by atoms with van der Waals surface area (Å²) in [5.41, 5.74) is 2.62. The Balaban J connectivity index is 1.49. The van der Waals surface area contributed by atoms with E-state index in [9.17, 15) is 18.3 Å². The number of fused-ring (bicyclic) bond motifs is 1. The first-order chi connectivity index (χ1) is 14.8. The number of rotatable bonds is 9. The molecule has 31 heavy (non-hydrogen) atoms. The van der Waals surface area contributed by atoms with Crippen LogP contribution in [0.3, 0.4) is 0 Å². The Morgan fingerprint density at radius 3 is 2.35 bits per heavy atom. The summed E-state index contributed by atoms with van der Waals surface area (Å²) in [6, 6.07) is 17.8. The maximum absolute atomic E-state index is 12.4. The molecule has 0 saturated carbocycles. The summed E-state index contributed by atoms with van der Waals surface area (Å²) >= 11 is 0. The van der Waals surface area contributed by atoms with E-state index in [0.29, 0.717) is 0 Å². The molecular formula is C24H26O6S. The number of hydrogen-bond donors (Lipinski definition) is 1. The SMILES string of the molecule is Cc1ccc(S(=O)(=O)OCCCOC(=O)C(C)c2ccc3cc(CO)ccc3c2)cc1. The van der Waals surface area contributed by atoms with Crippen molar-refractivity contribution in [3.05, 3.63) is 77.4 Å². The van der Waals surface area contributed by atoms with E-state index in [1.165, 1.54) is 12.1 Å². The topological polar surface area (TPSA) is 89.9 Å². The lowest BCUT2D eigenvalue weighted by Crippen LogP contribution is -2.15. The molecule has 1 unspecified atom stereocenters. The molecule has 3 rings (SSSR count). The van der Waals surface area contributed by atoms with Gasteiger partial charge in [0, 0.05) is 6.42 Å². The second-order valence-corrected chi connectivity index (χ2v) is 9.05. The average molecular weight is 443 g/mol. The number of aryl methyl sites for hydroxylation is 1. The zero-order chi connectivity index (χ0) is 22.4. The first-order valence-corrected chi connectivity index (χ1v) is 11.5. The lowest BCUT2D eigenvalue weighted by molar-refractivity contribution is -0.145. The van der Waals surface area contributed by atoms with E-state index in [0.717, 1.165) is 27.5 Å². The van der Waals surface area contributed by atoms with Gasteiger partial charge in [0.2, 0.25) is 0 Å². The summed E-state index contributed by atoms with van der Waals surface area (Å²) in [4.78, 5) is 12.5. The third-order valence-electron chi connectivity index (χ3n) is 5.05. The standard InChI is InChI=1S/C24H26O6S/c1-17-4-10-23(11-5-17)31(27,28)30-13-3-12-29-24(26)18(2)20-8-9-21-14-19(16-25)6-7-22(21)15-20/h4-11,14-15,18,25H,3,12-13,16H2,1-2H3. The maximum Gasteiger partial charge on any atom is 0.313 e. The fraction of sp³-hybridized carbons (Fsp3) is 0.292. The number of ether oxygens (including phenoxy) is 1. The van der Waals surface area contributed by atoms with Gasteiger partial charge in [0.15, 0.2) is 0 Å². The molecule has 164 valence electrons. The van der Waals surface area contributed by atoms with E-state index in [2.05, 4.69) is 0 Å². The summed E-state index contributed by atoms with van der Waals surface area (Å²) in [5, 5.41) is 11.2. The molecule has 0 aliphatic heterocycles. The molecule has 0 aliphatic rings. The van der Waals surface area contributed by atoms with E-state index in [-0.39, 0.29) is 37.1 Å². The number of carbonyl (C=O) groups is 1. The van der Waals surface area contributed by atoms with Gasteiger partial charge in [-0.1, -0.05) is 48.0 Å². The average Bonchev–Trinajstić information content (AvgIpc) is 2.77. The highest BCUT2D eigenvalue weighted by atomic mass is 32.2. The molecule has 0 spiro atoms. The largest absolute Gasteiger partial charge is 0.465 e. The first-order valence-electron chi connectivity index (χ1n) is 10.1. The van der Waals surface area contributed by atoms with Gasteiger partial charge in [0.25, 0.3) is 10.1 Å². The number of aliphatic hydroxyl groups is 1. The third kappa shape index (κ3) is 5.91. The molecule has 0 saturated heterocycles. The molecule has 1 atom stereocenters. The van der Waals surface area contributed by atoms with Crippen molar-refractivity contribution in [3.63, 3.8) is 0 Å². The van der Waals surface area contributed by atoms with E-state index in [1.54, 1.807) is 19.1 Å². The van der Waals surface area contributed by atoms with Crippen molar-refractivity contribution in [3.8, 4) is 0 Å². The van der Waals surface area contributed by atoms with Gasteiger partial charge in [-0.05, 0) is 53.9 Å². The van der Waals surface area contributed by atoms with Crippen molar-refractivity contribution in [1.82, 2.24) is 0 Å². The van der Waals surface area contributed by atoms with Crippen LogP contribution in [-0.2, 0) is 30.4 Å². The van der Waals surface area contributed by atoms with Crippen LogP contribution in [0.15, 0.2) is 65.6 Å². The molecule has 0 heterocycles. The number of hydrogen-bond acceptors (Lipinski definition) is 6. The Bertz CT molecular complexity index is 1150. The molecule has 0 amide bonds. The maximum atomic E-state index is 12.4. The fourth-order valence-corrected chi connectivity index (χ4v) is 4.06. The molecule has 3 aromatic rings. The van der Waals surface area contributed by atoms with Crippen LogP contribution in [0, 0.1) is 6.92 Å². The summed E-state index contributed by atoms with van der Waals surface area (Å²) in [7, 11) is -3.82. The fourth-order valence-electron chi connectivity index (χ4n) is 3.12. The van der Waals surface area contributed by atoms with Crippen molar-refractivity contribution in [2.75, 3.05) is 13.2 Å². The van der Waals surface area contributed by atoms with Gasteiger partial charge >= 0.3 is 5.97 Å². The van der Waals surface area contributed by atoms with Gasteiger partial charge in [-0.25, -0.2) is 0 Å². The van der Waals surface area contributed by atoms with Crippen LogP contribution in [0.2, 0.25) is 0 Å². The monoisotopic (exact) mass is 442 g/mol. The Hall–Kier alpha value is -2.74. The number of esters is 1. The van der Waals surface area contributed by atoms with Crippen molar-refractivity contribution in [2.45, 2.75) is 37.7 Å². The van der Waals surface area contributed by atoms with E-state index in [1.807, 2.05) is 43.3 Å². The predicted molar refractivity (Wildman–Crippen MR) is 118 cm³/mol. The number of aliphatic hydroxyl groups excluding tert-OH is 1. The van der Waals surface area contributed by atoms with E-state index in [4.69, 9.17) is 8.92 Å². The van der Waals surface area contributed by atoms with Gasteiger partial charge in [-0.2, -0.15) is 8.42 Å². The van der Waals surface area contributed by atoms with Gasteiger partial charge in [-0.3, -0.25) is 8.98 Å². The van der Waals surface area contributed by atoms with Crippen LogP contribution in [0.5, 0.6) is 0 Å². The highest BCUT2D eigenvalue weighted by Gasteiger charge is 2.18. The minimum absolute atomic E-state index is 0.0174. The van der Waals surface area contributed by atoms with Gasteiger partial charge in [0.05, 0.1) is 30.6 Å². The predicted octanol–water partition coefficient (Wildman–Crippen LogP) is 4.08. The van der Waals surface area contributed by atoms with Crippen LogP contribution >= 0.6 is 0 Å².